The van der Waals surface area contributed by atoms with Crippen LogP contribution in [0.15, 0.2) is 24.3 Å². The molecule has 4 rings (SSSR count). The highest BCUT2D eigenvalue weighted by Gasteiger charge is 2.41. The number of sulfonamides is 1. The Morgan fingerprint density at radius 1 is 1.07 bits per heavy atom. The van der Waals surface area contributed by atoms with Crippen molar-refractivity contribution in [1.29, 1.82) is 0 Å². The Kier molecular flexibility index (Phi) is 5.25. The first-order valence-electron chi connectivity index (χ1n) is 9.93. The van der Waals surface area contributed by atoms with Crippen LogP contribution >= 0.6 is 0 Å². The number of benzene rings is 1. The summed E-state index contributed by atoms with van der Waals surface area (Å²) in [5.74, 6) is 0.937. The molecule has 2 aliphatic carbocycles. The summed E-state index contributed by atoms with van der Waals surface area (Å²) in [5.41, 5.74) is 0.576. The second-order valence-electron chi connectivity index (χ2n) is 8.35. The molecule has 3 atom stereocenters. The van der Waals surface area contributed by atoms with E-state index in [9.17, 15) is 17.6 Å². The molecule has 3 fully saturated rings. The van der Waals surface area contributed by atoms with Crippen LogP contribution in [0.1, 0.15) is 44.1 Å². The van der Waals surface area contributed by atoms with Gasteiger partial charge in [-0.05, 0) is 61.6 Å². The Bertz CT molecular complexity index is 788. The monoisotopic (exact) mass is 394 g/mol. The van der Waals surface area contributed by atoms with Gasteiger partial charge in [0.1, 0.15) is 5.82 Å². The average Bonchev–Trinajstić information content (AvgIpc) is 3.27. The van der Waals surface area contributed by atoms with E-state index in [0.717, 1.165) is 12.3 Å². The topological polar surface area (TPSA) is 66.5 Å². The summed E-state index contributed by atoms with van der Waals surface area (Å²) in [5, 5.41) is 3.24. The summed E-state index contributed by atoms with van der Waals surface area (Å²) < 4.78 is 39.7. The van der Waals surface area contributed by atoms with Gasteiger partial charge in [0.2, 0.25) is 15.9 Å². The van der Waals surface area contributed by atoms with Crippen LogP contribution in [0.3, 0.4) is 0 Å². The van der Waals surface area contributed by atoms with E-state index < -0.39 is 10.0 Å². The third-order valence-corrected chi connectivity index (χ3v) is 8.40. The summed E-state index contributed by atoms with van der Waals surface area (Å²) >= 11 is 0. The third-order valence-electron chi connectivity index (χ3n) is 6.55. The Balaban J connectivity index is 1.29. The molecule has 0 unspecified atom stereocenters. The number of hydrogen-bond donors (Lipinski definition) is 1. The Morgan fingerprint density at radius 2 is 1.78 bits per heavy atom. The van der Waals surface area contributed by atoms with Gasteiger partial charge in [-0.2, -0.15) is 0 Å². The summed E-state index contributed by atoms with van der Waals surface area (Å²) in [6.07, 6.45) is 6.04. The molecular formula is C20H27FN2O3S. The molecule has 2 saturated carbocycles. The van der Waals surface area contributed by atoms with Gasteiger partial charge < -0.3 is 5.32 Å². The van der Waals surface area contributed by atoms with Gasteiger partial charge in [0, 0.05) is 25.0 Å². The first kappa shape index (κ1) is 18.9. The van der Waals surface area contributed by atoms with E-state index in [1.165, 1.54) is 47.8 Å². The molecular weight excluding hydrogens is 367 g/mol. The van der Waals surface area contributed by atoms with Crippen LogP contribution in [-0.4, -0.2) is 37.8 Å². The van der Waals surface area contributed by atoms with E-state index in [1.54, 1.807) is 0 Å². The van der Waals surface area contributed by atoms with Crippen LogP contribution in [0, 0.1) is 23.6 Å². The summed E-state index contributed by atoms with van der Waals surface area (Å²) in [6.45, 7) is 0.747. The first-order valence-corrected chi connectivity index (χ1v) is 11.5. The second-order valence-corrected chi connectivity index (χ2v) is 10.3. The number of nitrogens with one attached hydrogen (secondary N) is 1. The van der Waals surface area contributed by atoms with E-state index >= 15 is 0 Å². The van der Waals surface area contributed by atoms with Gasteiger partial charge in [0.05, 0.1) is 5.75 Å². The van der Waals surface area contributed by atoms with Gasteiger partial charge >= 0.3 is 0 Å². The molecule has 2 bridgehead atoms. The quantitative estimate of drug-likeness (QED) is 0.835. The molecule has 148 valence electrons. The van der Waals surface area contributed by atoms with Gasteiger partial charge in [0.25, 0.3) is 0 Å². The van der Waals surface area contributed by atoms with Gasteiger partial charge in [0.15, 0.2) is 0 Å². The fraction of sp³-hybridized carbons (Fsp3) is 0.650. The van der Waals surface area contributed by atoms with Crippen LogP contribution in [0.25, 0.3) is 0 Å². The van der Waals surface area contributed by atoms with Crippen LogP contribution in [-0.2, 0) is 20.6 Å². The fourth-order valence-corrected chi connectivity index (χ4v) is 6.56. The van der Waals surface area contributed by atoms with Crippen molar-refractivity contribution in [3.8, 4) is 0 Å². The molecule has 1 heterocycles. The number of fused-ring (bicyclic) bond motifs is 2. The van der Waals surface area contributed by atoms with Gasteiger partial charge in [-0.15, -0.1) is 0 Å². The van der Waals surface area contributed by atoms with Crippen LogP contribution in [0.5, 0.6) is 0 Å². The van der Waals surface area contributed by atoms with Crippen LogP contribution in [0.4, 0.5) is 4.39 Å². The minimum atomic E-state index is -3.45. The second kappa shape index (κ2) is 7.51. The average molecular weight is 395 g/mol. The van der Waals surface area contributed by atoms with Gasteiger partial charge in [-0.3, -0.25) is 4.79 Å². The number of nitrogens with zero attached hydrogens (tertiary/aromatic N) is 1. The molecule has 1 saturated heterocycles. The van der Waals surface area contributed by atoms with E-state index in [2.05, 4.69) is 5.32 Å². The highest BCUT2D eigenvalue weighted by molar-refractivity contribution is 7.88. The molecule has 0 aromatic heterocycles. The predicted molar refractivity (Wildman–Crippen MR) is 101 cm³/mol. The maximum Gasteiger partial charge on any atom is 0.223 e. The highest BCUT2D eigenvalue weighted by Crippen LogP contribution is 2.44. The maximum absolute atomic E-state index is 13.0. The number of piperidine rings is 1. The van der Waals surface area contributed by atoms with E-state index in [0.29, 0.717) is 43.5 Å². The summed E-state index contributed by atoms with van der Waals surface area (Å²) in [6, 6.07) is 5.88. The van der Waals surface area contributed by atoms with Crippen LogP contribution in [0.2, 0.25) is 0 Å². The normalized spacial score (nSPS) is 29.1. The highest BCUT2D eigenvalue weighted by atomic mass is 32.2. The molecule has 0 radical (unpaired) electrons. The maximum atomic E-state index is 13.0. The van der Waals surface area contributed by atoms with Crippen molar-refractivity contribution in [3.63, 3.8) is 0 Å². The molecule has 3 aliphatic rings. The zero-order valence-electron chi connectivity index (χ0n) is 15.4. The van der Waals surface area contributed by atoms with Crippen molar-refractivity contribution in [3.05, 3.63) is 35.6 Å². The largest absolute Gasteiger partial charge is 0.353 e. The van der Waals surface area contributed by atoms with Crippen molar-refractivity contribution in [1.82, 2.24) is 9.62 Å². The number of amides is 1. The lowest BCUT2D eigenvalue weighted by molar-refractivity contribution is -0.127. The first-order chi connectivity index (χ1) is 12.9. The number of halogens is 1. The SMILES string of the molecule is O=C(N[C@@H]1C[C@@H]2CC[C@@H]1C2)C1CCN(S(=O)(=O)Cc2ccc(F)cc2)CC1. The van der Waals surface area contributed by atoms with Crippen molar-refractivity contribution in [2.45, 2.75) is 50.3 Å². The molecule has 7 heteroatoms. The Morgan fingerprint density at radius 3 is 2.37 bits per heavy atom. The lowest BCUT2D eigenvalue weighted by atomic mass is 9.93. The summed E-state index contributed by atoms with van der Waals surface area (Å²) in [4.78, 5) is 12.6. The molecule has 27 heavy (non-hydrogen) atoms. The van der Waals surface area contributed by atoms with Crippen LogP contribution < -0.4 is 5.32 Å². The molecule has 1 N–H and O–H groups in total. The van der Waals surface area contributed by atoms with E-state index in [4.69, 9.17) is 0 Å². The third kappa shape index (κ3) is 4.19. The number of carbonyl (C=O) groups is 1. The van der Waals surface area contributed by atoms with Gasteiger partial charge in [-0.25, -0.2) is 17.1 Å². The smallest absolute Gasteiger partial charge is 0.223 e. The molecule has 5 nitrogen and oxygen atoms in total. The molecule has 1 amide bonds. The zero-order valence-corrected chi connectivity index (χ0v) is 16.3. The zero-order chi connectivity index (χ0) is 19.0. The van der Waals surface area contributed by atoms with Crippen molar-refractivity contribution < 1.29 is 17.6 Å². The molecule has 1 aromatic carbocycles. The number of carbonyl (C=O) groups excluding carboxylic acids is 1. The molecule has 0 spiro atoms. The lowest BCUT2D eigenvalue weighted by Crippen LogP contribution is -2.46. The fourth-order valence-electron chi connectivity index (χ4n) is 5.00. The Labute approximate surface area is 160 Å². The Hall–Kier alpha value is -1.47. The van der Waals surface area contributed by atoms with E-state index in [1.807, 2.05) is 0 Å². The number of hydrogen-bond acceptors (Lipinski definition) is 3. The minimum Gasteiger partial charge on any atom is -0.353 e. The summed E-state index contributed by atoms with van der Waals surface area (Å²) in [7, 11) is -3.45. The molecule has 1 aromatic rings. The minimum absolute atomic E-state index is 0.0959. The van der Waals surface area contributed by atoms with Crippen molar-refractivity contribution in [2.24, 2.45) is 17.8 Å². The van der Waals surface area contributed by atoms with Crippen molar-refractivity contribution in [2.75, 3.05) is 13.1 Å². The standard InChI is InChI=1S/C20H27FN2O3S/c21-18-5-2-14(3-6-18)13-27(25,26)23-9-7-16(8-10-23)20(24)22-19-12-15-1-4-17(19)11-15/h2-3,5-6,15-17,19H,1,4,7-13H2,(H,22,24)/t15-,17-,19-/m1/s1. The van der Waals surface area contributed by atoms with Crippen molar-refractivity contribution >= 4 is 15.9 Å². The number of rotatable bonds is 5. The lowest BCUT2D eigenvalue weighted by Gasteiger charge is -2.32. The molecule has 1 aliphatic heterocycles. The predicted octanol–water partition coefficient (Wildman–Crippen LogP) is 2.67. The van der Waals surface area contributed by atoms with E-state index in [-0.39, 0.29) is 23.4 Å². The van der Waals surface area contributed by atoms with Gasteiger partial charge in [-0.1, -0.05) is 18.6 Å².